The number of para-hydroxylation sites is 2. The SMILES string of the molecule is O=C(Nc1nc2ccccc2[nH]1)C1CCN(C(=O)c2ccoc2)CC1. The summed E-state index contributed by atoms with van der Waals surface area (Å²) < 4.78 is 4.96. The van der Waals surface area contributed by atoms with E-state index in [0.717, 1.165) is 11.0 Å². The third-order valence-corrected chi connectivity index (χ3v) is 4.55. The van der Waals surface area contributed by atoms with Gasteiger partial charge in [0.1, 0.15) is 6.26 Å². The molecule has 0 spiro atoms. The summed E-state index contributed by atoms with van der Waals surface area (Å²) in [5.41, 5.74) is 2.25. The number of furan rings is 1. The molecule has 1 saturated heterocycles. The van der Waals surface area contributed by atoms with Crippen LogP contribution in [0.4, 0.5) is 5.95 Å². The number of hydrogen-bond donors (Lipinski definition) is 2. The van der Waals surface area contributed by atoms with Gasteiger partial charge in [-0.25, -0.2) is 4.98 Å². The zero-order valence-corrected chi connectivity index (χ0v) is 13.6. The van der Waals surface area contributed by atoms with Crippen molar-refractivity contribution in [1.82, 2.24) is 14.9 Å². The Labute approximate surface area is 144 Å². The number of amides is 2. The summed E-state index contributed by atoms with van der Waals surface area (Å²) in [6.45, 7) is 1.12. The lowest BCUT2D eigenvalue weighted by Gasteiger charge is -2.30. The van der Waals surface area contributed by atoms with Crippen LogP contribution in [0.5, 0.6) is 0 Å². The van der Waals surface area contributed by atoms with Crippen LogP contribution in [0.15, 0.2) is 47.3 Å². The van der Waals surface area contributed by atoms with Gasteiger partial charge in [-0.05, 0) is 31.0 Å². The molecule has 1 aliphatic rings. The molecule has 2 aromatic heterocycles. The van der Waals surface area contributed by atoms with Gasteiger partial charge in [-0.2, -0.15) is 0 Å². The molecule has 1 aromatic carbocycles. The van der Waals surface area contributed by atoms with Gasteiger partial charge in [0.2, 0.25) is 11.9 Å². The highest BCUT2D eigenvalue weighted by Gasteiger charge is 2.28. The third kappa shape index (κ3) is 3.13. The van der Waals surface area contributed by atoms with Gasteiger partial charge in [-0.15, -0.1) is 0 Å². The molecule has 2 amide bonds. The first-order valence-electron chi connectivity index (χ1n) is 8.28. The second-order valence-electron chi connectivity index (χ2n) is 6.17. The average Bonchev–Trinajstić information content (AvgIpc) is 3.30. The first-order valence-corrected chi connectivity index (χ1v) is 8.28. The van der Waals surface area contributed by atoms with Crippen molar-refractivity contribution < 1.29 is 14.0 Å². The number of hydrogen-bond acceptors (Lipinski definition) is 4. The molecule has 7 heteroatoms. The number of nitrogens with zero attached hydrogens (tertiary/aromatic N) is 2. The summed E-state index contributed by atoms with van der Waals surface area (Å²) in [7, 11) is 0. The fourth-order valence-electron chi connectivity index (χ4n) is 3.14. The molecule has 4 rings (SSSR count). The van der Waals surface area contributed by atoms with E-state index in [1.807, 2.05) is 24.3 Å². The smallest absolute Gasteiger partial charge is 0.257 e. The van der Waals surface area contributed by atoms with Crippen LogP contribution in [0.1, 0.15) is 23.2 Å². The Bertz CT molecular complexity index is 859. The lowest BCUT2D eigenvalue weighted by Crippen LogP contribution is -2.41. The van der Waals surface area contributed by atoms with E-state index in [2.05, 4.69) is 15.3 Å². The Kier molecular flexibility index (Phi) is 3.97. The molecule has 128 valence electrons. The first-order chi connectivity index (χ1) is 12.2. The van der Waals surface area contributed by atoms with Gasteiger partial charge in [0.25, 0.3) is 5.91 Å². The minimum Gasteiger partial charge on any atom is -0.472 e. The third-order valence-electron chi connectivity index (χ3n) is 4.55. The summed E-state index contributed by atoms with van der Waals surface area (Å²) in [4.78, 5) is 34.0. The molecule has 25 heavy (non-hydrogen) atoms. The Hall–Kier alpha value is -3.09. The summed E-state index contributed by atoms with van der Waals surface area (Å²) in [5, 5.41) is 2.85. The number of aromatic nitrogens is 2. The molecule has 7 nitrogen and oxygen atoms in total. The fraction of sp³-hybridized carbons (Fsp3) is 0.278. The van der Waals surface area contributed by atoms with E-state index in [-0.39, 0.29) is 17.7 Å². The van der Waals surface area contributed by atoms with Gasteiger partial charge in [0.05, 0.1) is 22.9 Å². The van der Waals surface area contributed by atoms with Crippen LogP contribution in [0, 0.1) is 5.92 Å². The van der Waals surface area contributed by atoms with E-state index in [9.17, 15) is 9.59 Å². The van der Waals surface area contributed by atoms with Gasteiger partial charge < -0.3 is 14.3 Å². The monoisotopic (exact) mass is 338 g/mol. The quantitative estimate of drug-likeness (QED) is 0.768. The first kappa shape index (κ1) is 15.4. The lowest BCUT2D eigenvalue weighted by atomic mass is 9.95. The minimum absolute atomic E-state index is 0.0510. The maximum Gasteiger partial charge on any atom is 0.257 e. The van der Waals surface area contributed by atoms with Crippen LogP contribution in [-0.4, -0.2) is 39.8 Å². The van der Waals surface area contributed by atoms with E-state index in [4.69, 9.17) is 4.42 Å². The van der Waals surface area contributed by atoms with Crippen LogP contribution in [0.2, 0.25) is 0 Å². The predicted octanol–water partition coefficient (Wildman–Crippen LogP) is 2.65. The Morgan fingerprint density at radius 2 is 2.00 bits per heavy atom. The van der Waals surface area contributed by atoms with Crippen LogP contribution < -0.4 is 5.32 Å². The molecule has 0 atom stereocenters. The van der Waals surface area contributed by atoms with Crippen LogP contribution in [0.3, 0.4) is 0 Å². The normalized spacial score (nSPS) is 15.4. The number of aromatic amines is 1. The molecule has 0 radical (unpaired) electrons. The van der Waals surface area contributed by atoms with Crippen LogP contribution >= 0.6 is 0 Å². The number of carbonyl (C=O) groups excluding carboxylic acids is 2. The highest BCUT2D eigenvalue weighted by atomic mass is 16.3. The second kappa shape index (κ2) is 6.43. The highest BCUT2D eigenvalue weighted by Crippen LogP contribution is 2.21. The number of piperidine rings is 1. The number of anilines is 1. The second-order valence-corrected chi connectivity index (χ2v) is 6.17. The molecule has 1 aliphatic heterocycles. The molecule has 3 heterocycles. The van der Waals surface area contributed by atoms with Gasteiger partial charge in [0.15, 0.2) is 0 Å². The Morgan fingerprint density at radius 1 is 1.20 bits per heavy atom. The van der Waals surface area contributed by atoms with Crippen molar-refractivity contribution in [2.24, 2.45) is 5.92 Å². The molecule has 3 aromatic rings. The molecule has 0 aliphatic carbocycles. The summed E-state index contributed by atoms with van der Waals surface area (Å²) in [6, 6.07) is 9.28. The summed E-state index contributed by atoms with van der Waals surface area (Å²) in [5.74, 6) is 0.226. The van der Waals surface area contributed by atoms with Crippen molar-refractivity contribution in [2.75, 3.05) is 18.4 Å². The van der Waals surface area contributed by atoms with Crippen molar-refractivity contribution in [3.63, 3.8) is 0 Å². The average molecular weight is 338 g/mol. The maximum atomic E-state index is 12.5. The van der Waals surface area contributed by atoms with E-state index in [0.29, 0.717) is 37.4 Å². The molecule has 0 unspecified atom stereocenters. The molecule has 2 N–H and O–H groups in total. The van der Waals surface area contributed by atoms with E-state index in [1.165, 1.54) is 12.5 Å². The number of fused-ring (bicyclic) bond motifs is 1. The van der Waals surface area contributed by atoms with Crippen molar-refractivity contribution in [2.45, 2.75) is 12.8 Å². The lowest BCUT2D eigenvalue weighted by molar-refractivity contribution is -0.121. The van der Waals surface area contributed by atoms with Crippen LogP contribution in [0.25, 0.3) is 11.0 Å². The van der Waals surface area contributed by atoms with Crippen molar-refractivity contribution in [1.29, 1.82) is 0 Å². The zero-order chi connectivity index (χ0) is 17.2. The number of H-pyrrole nitrogens is 1. The minimum atomic E-state index is -0.124. The number of nitrogens with one attached hydrogen (secondary N) is 2. The standard InChI is InChI=1S/C18H18N4O3/c23-16(21-18-19-14-3-1-2-4-15(14)20-18)12-5-8-22(9-6-12)17(24)13-7-10-25-11-13/h1-4,7,10-12H,5-6,8-9H2,(H2,19,20,21,23). The molecule has 0 saturated carbocycles. The summed E-state index contributed by atoms with van der Waals surface area (Å²) >= 11 is 0. The highest BCUT2D eigenvalue weighted by molar-refractivity contribution is 5.95. The van der Waals surface area contributed by atoms with E-state index in [1.54, 1.807) is 11.0 Å². The van der Waals surface area contributed by atoms with Crippen molar-refractivity contribution in [3.8, 4) is 0 Å². The number of imidazole rings is 1. The van der Waals surface area contributed by atoms with E-state index >= 15 is 0 Å². The Balaban J connectivity index is 1.35. The molecule has 0 bridgehead atoms. The zero-order valence-electron chi connectivity index (χ0n) is 13.6. The largest absolute Gasteiger partial charge is 0.472 e. The molecule has 1 fully saturated rings. The fourth-order valence-corrected chi connectivity index (χ4v) is 3.14. The maximum absolute atomic E-state index is 12.5. The van der Waals surface area contributed by atoms with E-state index < -0.39 is 0 Å². The van der Waals surface area contributed by atoms with Gasteiger partial charge >= 0.3 is 0 Å². The number of rotatable bonds is 3. The van der Waals surface area contributed by atoms with Crippen LogP contribution in [-0.2, 0) is 4.79 Å². The molecular weight excluding hydrogens is 320 g/mol. The summed E-state index contributed by atoms with van der Waals surface area (Å²) in [6.07, 6.45) is 4.20. The van der Waals surface area contributed by atoms with Crippen molar-refractivity contribution in [3.05, 3.63) is 48.4 Å². The predicted molar refractivity (Wildman–Crippen MR) is 92.1 cm³/mol. The number of likely N-dealkylation sites (tertiary alicyclic amines) is 1. The van der Waals surface area contributed by atoms with Gasteiger partial charge in [-0.1, -0.05) is 12.1 Å². The topological polar surface area (TPSA) is 91.2 Å². The molecular formula is C18H18N4O3. The Morgan fingerprint density at radius 3 is 2.72 bits per heavy atom. The number of benzene rings is 1. The van der Waals surface area contributed by atoms with Gasteiger partial charge in [-0.3, -0.25) is 14.9 Å². The van der Waals surface area contributed by atoms with Crippen molar-refractivity contribution >= 4 is 28.8 Å². The van der Waals surface area contributed by atoms with Gasteiger partial charge in [0, 0.05) is 19.0 Å². The number of carbonyl (C=O) groups is 2.